The molecule has 1 spiro atoms. The van der Waals surface area contributed by atoms with E-state index in [1.807, 2.05) is 18.2 Å². The molecule has 1 atom stereocenters. The lowest BCUT2D eigenvalue weighted by Gasteiger charge is -2.38. The number of ether oxygens (including phenoxy) is 2. The van der Waals surface area contributed by atoms with Crippen LogP contribution in [0.4, 0.5) is 11.4 Å². The van der Waals surface area contributed by atoms with E-state index in [9.17, 15) is 4.79 Å². The number of carbonyl (C=O) groups excluding carboxylic acids is 1. The van der Waals surface area contributed by atoms with Crippen LogP contribution in [-0.2, 0) is 10.3 Å². The van der Waals surface area contributed by atoms with Gasteiger partial charge in [0.05, 0.1) is 5.56 Å². The average molecular weight is 681 g/mol. The number of carbonyl (C=O) groups is 1. The summed E-state index contributed by atoms with van der Waals surface area (Å²) in [7, 11) is 2.17. The van der Waals surface area contributed by atoms with Gasteiger partial charge < -0.3 is 19.3 Å². The van der Waals surface area contributed by atoms with Crippen LogP contribution in [-0.4, -0.2) is 32.7 Å². The lowest BCUT2D eigenvalue weighted by atomic mass is 9.77. The Labute approximate surface area is 303 Å². The fourth-order valence-electron chi connectivity index (χ4n) is 7.88. The summed E-state index contributed by atoms with van der Waals surface area (Å²) in [4.78, 5) is 18.4. The molecular formula is C45H64N2O3. The van der Waals surface area contributed by atoms with Crippen molar-refractivity contribution in [3.63, 3.8) is 0 Å². The Bertz CT molecular complexity index is 1490. The number of fused-ring (bicyclic) bond motifs is 6. The molecule has 0 aromatic heterocycles. The molecule has 0 radical (unpaired) electrons. The summed E-state index contributed by atoms with van der Waals surface area (Å²) in [5.41, 5.74) is 4.61. The van der Waals surface area contributed by atoms with Crippen molar-refractivity contribution in [3.05, 3.63) is 82.9 Å². The largest absolute Gasteiger partial charge is 0.456 e. The van der Waals surface area contributed by atoms with Gasteiger partial charge in [-0.3, -0.25) is 0 Å². The molecule has 0 fully saturated rings. The molecular weight excluding hydrogens is 617 g/mol. The number of rotatable bonds is 23. The normalized spacial score (nSPS) is 15.7. The van der Waals surface area contributed by atoms with Gasteiger partial charge >= 0.3 is 5.97 Å². The van der Waals surface area contributed by atoms with Gasteiger partial charge in [0.25, 0.3) is 0 Å². The van der Waals surface area contributed by atoms with E-state index < -0.39 is 5.60 Å². The Morgan fingerprint density at radius 2 is 1.02 bits per heavy atom. The molecule has 2 aliphatic heterocycles. The third-order valence-electron chi connectivity index (χ3n) is 10.9. The summed E-state index contributed by atoms with van der Waals surface area (Å²) in [5.74, 6) is 1.27. The minimum absolute atomic E-state index is 0.277. The first-order valence-corrected chi connectivity index (χ1v) is 20.3. The zero-order chi connectivity index (χ0) is 35.2. The Balaban J connectivity index is 1.43. The highest BCUT2D eigenvalue weighted by Crippen LogP contribution is 2.57. The summed E-state index contributed by atoms with van der Waals surface area (Å²) in [6.07, 6.45) is 23.1. The highest BCUT2D eigenvalue weighted by molar-refractivity contribution is 5.97. The number of hydrogen-bond acceptors (Lipinski definition) is 5. The smallest absolute Gasteiger partial charge is 0.340 e. The summed E-state index contributed by atoms with van der Waals surface area (Å²) in [5, 5.41) is 0. The zero-order valence-electron chi connectivity index (χ0n) is 31.7. The minimum Gasteiger partial charge on any atom is -0.456 e. The number of esters is 1. The first-order chi connectivity index (χ1) is 24.5. The molecule has 0 saturated carbocycles. The highest BCUT2D eigenvalue weighted by atomic mass is 16.6. The third-order valence-corrected chi connectivity index (χ3v) is 10.9. The summed E-state index contributed by atoms with van der Waals surface area (Å²) >= 11 is 0. The molecule has 2 heterocycles. The van der Waals surface area contributed by atoms with E-state index in [0.29, 0.717) is 5.56 Å². The number of anilines is 2. The van der Waals surface area contributed by atoms with Crippen LogP contribution in [0, 0.1) is 0 Å². The Morgan fingerprint density at radius 1 is 0.540 bits per heavy atom. The van der Waals surface area contributed by atoms with Crippen LogP contribution in [0.15, 0.2) is 60.7 Å². The maximum Gasteiger partial charge on any atom is 0.340 e. The van der Waals surface area contributed by atoms with Crippen LogP contribution in [0.1, 0.15) is 163 Å². The molecule has 5 nitrogen and oxygen atoms in total. The number of benzene rings is 3. The van der Waals surface area contributed by atoms with Crippen LogP contribution in [0.5, 0.6) is 11.5 Å². The van der Waals surface area contributed by atoms with E-state index in [4.69, 9.17) is 9.47 Å². The van der Waals surface area contributed by atoms with Gasteiger partial charge in [-0.15, -0.1) is 0 Å². The Kier molecular flexibility index (Phi) is 14.5. The van der Waals surface area contributed by atoms with Crippen molar-refractivity contribution in [2.75, 3.05) is 36.5 Å². The van der Waals surface area contributed by atoms with Gasteiger partial charge in [0.2, 0.25) is 0 Å². The maximum absolute atomic E-state index is 13.5. The molecule has 0 N–H and O–H groups in total. The van der Waals surface area contributed by atoms with Crippen LogP contribution >= 0.6 is 0 Å². The fraction of sp³-hybridized carbons (Fsp3) is 0.578. The van der Waals surface area contributed by atoms with Crippen molar-refractivity contribution in [1.29, 1.82) is 0 Å². The zero-order valence-corrected chi connectivity index (χ0v) is 31.7. The number of nitrogens with zero attached hydrogens (tertiary/aromatic N) is 2. The minimum atomic E-state index is -1.03. The first-order valence-electron chi connectivity index (χ1n) is 20.3. The second kappa shape index (κ2) is 19.2. The maximum atomic E-state index is 13.5. The quantitative estimate of drug-likeness (QED) is 0.0736. The number of hydrogen-bond donors (Lipinski definition) is 0. The average Bonchev–Trinajstić information content (AvgIpc) is 3.43. The predicted molar refractivity (Wildman–Crippen MR) is 210 cm³/mol. The van der Waals surface area contributed by atoms with Crippen molar-refractivity contribution < 1.29 is 14.3 Å². The number of unbranched alkanes of at least 4 members (excludes halogenated alkanes) is 15. The van der Waals surface area contributed by atoms with Crippen molar-refractivity contribution in [2.24, 2.45) is 0 Å². The van der Waals surface area contributed by atoms with Crippen molar-refractivity contribution in [1.82, 2.24) is 0 Å². The van der Waals surface area contributed by atoms with E-state index >= 15 is 0 Å². The SMILES string of the molecule is CCCCCCCCN(C)c1ccc2c(c1)Oc1cc(N(CCCCCCCC)CCCCCCCC)ccc1C21OC(=O)c2ccccc21. The molecule has 0 aliphatic carbocycles. The van der Waals surface area contributed by atoms with Gasteiger partial charge in [0.15, 0.2) is 5.60 Å². The third kappa shape index (κ3) is 9.06. The van der Waals surface area contributed by atoms with Gasteiger partial charge in [-0.1, -0.05) is 135 Å². The second-order valence-corrected chi connectivity index (χ2v) is 14.8. The molecule has 1 unspecified atom stereocenters. The molecule has 3 aromatic rings. The van der Waals surface area contributed by atoms with Crippen molar-refractivity contribution in [2.45, 2.75) is 142 Å². The molecule has 272 valence electrons. The second-order valence-electron chi connectivity index (χ2n) is 14.8. The van der Waals surface area contributed by atoms with E-state index in [1.165, 1.54) is 121 Å². The van der Waals surface area contributed by atoms with Gasteiger partial charge in [0, 0.05) is 66.9 Å². The lowest BCUT2D eigenvalue weighted by Crippen LogP contribution is -2.33. The monoisotopic (exact) mass is 680 g/mol. The van der Waals surface area contributed by atoms with E-state index in [-0.39, 0.29) is 5.97 Å². The van der Waals surface area contributed by atoms with Crippen molar-refractivity contribution >= 4 is 17.3 Å². The van der Waals surface area contributed by atoms with Crippen LogP contribution < -0.4 is 14.5 Å². The standard InChI is InChI=1S/C45H64N2O3/c1-5-8-11-14-17-22-31-46(4)36-27-29-40-42(34-36)49-43-35-37(28-30-41(43)45(40)39-26-21-20-25-38(39)44(48)50-45)47(32-23-18-15-12-9-6-2)33-24-19-16-13-10-7-3/h20-21,25-30,34-35H,5-19,22-24,31-33H2,1-4H3. The van der Waals surface area contributed by atoms with E-state index in [0.717, 1.165) is 53.5 Å². The highest BCUT2D eigenvalue weighted by Gasteiger charge is 2.53. The molecule has 50 heavy (non-hydrogen) atoms. The Hall–Kier alpha value is -3.47. The van der Waals surface area contributed by atoms with Gasteiger partial charge in [-0.25, -0.2) is 4.79 Å². The fourth-order valence-corrected chi connectivity index (χ4v) is 7.88. The lowest BCUT2D eigenvalue weighted by molar-refractivity contribution is 0.0224. The Morgan fingerprint density at radius 3 is 1.60 bits per heavy atom. The topological polar surface area (TPSA) is 42.0 Å². The molecule has 5 rings (SSSR count). The molecule has 0 bridgehead atoms. The summed E-state index contributed by atoms with van der Waals surface area (Å²) in [6.45, 7) is 9.93. The van der Waals surface area contributed by atoms with Gasteiger partial charge in [0.1, 0.15) is 11.5 Å². The van der Waals surface area contributed by atoms with Crippen LogP contribution in [0.2, 0.25) is 0 Å². The molecule has 0 amide bonds. The van der Waals surface area contributed by atoms with Crippen LogP contribution in [0.25, 0.3) is 0 Å². The predicted octanol–water partition coefficient (Wildman–Crippen LogP) is 12.6. The van der Waals surface area contributed by atoms with E-state index in [2.05, 4.69) is 80.1 Å². The first kappa shape index (κ1) is 37.8. The molecule has 2 aliphatic rings. The molecule has 3 aromatic carbocycles. The summed E-state index contributed by atoms with van der Waals surface area (Å²) < 4.78 is 13.4. The molecule has 0 saturated heterocycles. The van der Waals surface area contributed by atoms with Crippen LogP contribution in [0.3, 0.4) is 0 Å². The molecule has 5 heteroatoms. The van der Waals surface area contributed by atoms with Crippen molar-refractivity contribution in [3.8, 4) is 11.5 Å². The van der Waals surface area contributed by atoms with Gasteiger partial charge in [-0.2, -0.15) is 0 Å². The van der Waals surface area contributed by atoms with E-state index in [1.54, 1.807) is 0 Å². The summed E-state index contributed by atoms with van der Waals surface area (Å²) in [6, 6.07) is 20.9. The van der Waals surface area contributed by atoms with Gasteiger partial charge in [-0.05, 0) is 49.6 Å².